The number of ether oxygens (including phenoxy) is 1. The van der Waals surface area contributed by atoms with Gasteiger partial charge in [0.25, 0.3) is 5.91 Å². The average Bonchev–Trinajstić information content (AvgIpc) is 3.45. The topological polar surface area (TPSA) is 216 Å². The van der Waals surface area contributed by atoms with Crippen LogP contribution in [0.15, 0.2) is 58.0 Å². The number of nitrogens with zero attached hydrogens (tertiary/aromatic N) is 3. The number of carbonyl (C=O) groups is 2. The van der Waals surface area contributed by atoms with E-state index in [-0.39, 0.29) is 53.5 Å². The van der Waals surface area contributed by atoms with Crippen LogP contribution in [-0.4, -0.2) is 83.9 Å². The molecule has 0 aliphatic carbocycles. The molecule has 16 heteroatoms. The third kappa shape index (κ3) is 7.64. The van der Waals surface area contributed by atoms with Gasteiger partial charge in [-0.3, -0.25) is 9.79 Å². The first-order chi connectivity index (χ1) is 21.3. The first kappa shape index (κ1) is 30.8. The molecule has 8 N–H and O–H groups in total. The number of hydrogen-bond donors (Lipinski definition) is 6. The highest BCUT2D eigenvalue weighted by Crippen LogP contribution is 2.30. The molecule has 5 rings (SSSR count). The van der Waals surface area contributed by atoms with Crippen LogP contribution in [0.25, 0.3) is 0 Å². The number of carboxylic acid groups (broad SMARTS) is 1. The number of oxime groups is 1. The Balaban J connectivity index is 1.17. The van der Waals surface area contributed by atoms with Crippen molar-refractivity contribution in [2.75, 3.05) is 32.0 Å². The zero-order valence-electron chi connectivity index (χ0n) is 23.6. The largest absolute Gasteiger partial charge is 0.547 e. The summed E-state index contributed by atoms with van der Waals surface area (Å²) in [6.45, 7) is 2.02. The van der Waals surface area contributed by atoms with Crippen LogP contribution >= 0.6 is 11.3 Å². The summed E-state index contributed by atoms with van der Waals surface area (Å²) < 4.78 is 11.2. The molecule has 0 saturated carbocycles. The standard InChI is InChI=1S/C28H32BN7O7S/c30-25(33-18-8-10-32-11-9-18)16-4-6-19(7-5-16)41-12-13-42-36-23(21-15-44-28(31)34-21)26(37)35-22-14-17-2-1-3-20(27(38)39)24(17)43-29(22)40/h1-7,15,18,22,32,40H,8-14H2,(H2,30,33)(H2,31,34)(H,35,37)(H,38,39)/b36-23-/t22-/m0/s1. The highest BCUT2D eigenvalue weighted by molar-refractivity contribution is 7.13. The molecule has 1 saturated heterocycles. The van der Waals surface area contributed by atoms with E-state index in [1.807, 2.05) is 12.1 Å². The molecular weight excluding hydrogens is 589 g/mol. The van der Waals surface area contributed by atoms with Crippen LogP contribution in [0.3, 0.4) is 0 Å². The average molecular weight is 621 g/mol. The number of rotatable bonds is 11. The van der Waals surface area contributed by atoms with Crippen molar-refractivity contribution in [2.45, 2.75) is 31.2 Å². The van der Waals surface area contributed by atoms with Gasteiger partial charge >= 0.3 is 13.1 Å². The number of piperidine rings is 1. The first-order valence-corrected chi connectivity index (χ1v) is 14.9. The monoisotopic (exact) mass is 621 g/mol. The molecule has 3 aromatic rings. The van der Waals surface area contributed by atoms with E-state index in [1.54, 1.807) is 29.6 Å². The molecular formula is C28H32BN7O7S. The van der Waals surface area contributed by atoms with Crippen LogP contribution in [0, 0.1) is 0 Å². The third-order valence-corrected chi connectivity index (χ3v) is 7.70. The Morgan fingerprint density at radius 3 is 2.66 bits per heavy atom. The van der Waals surface area contributed by atoms with Gasteiger partial charge in [0.05, 0.1) is 17.5 Å². The number of thiazole rings is 1. The molecule has 0 unspecified atom stereocenters. The van der Waals surface area contributed by atoms with Crippen molar-refractivity contribution in [3.63, 3.8) is 0 Å². The lowest BCUT2D eigenvalue weighted by Gasteiger charge is -2.28. The Morgan fingerprint density at radius 2 is 1.95 bits per heavy atom. The Bertz CT molecular complexity index is 1540. The summed E-state index contributed by atoms with van der Waals surface area (Å²) in [5.74, 6) is -1.63. The van der Waals surface area contributed by atoms with Crippen molar-refractivity contribution in [2.24, 2.45) is 15.9 Å². The Hall–Kier alpha value is -4.67. The maximum Gasteiger partial charge on any atom is 0.547 e. The predicted octanol–water partition coefficient (Wildman–Crippen LogP) is 0.820. The number of carboxylic acids is 1. The van der Waals surface area contributed by atoms with Crippen molar-refractivity contribution < 1.29 is 33.9 Å². The van der Waals surface area contributed by atoms with E-state index in [1.165, 1.54) is 6.07 Å². The molecule has 0 spiro atoms. The number of aromatic carboxylic acids is 1. The minimum atomic E-state index is -1.50. The van der Waals surface area contributed by atoms with Crippen molar-refractivity contribution in [1.29, 1.82) is 0 Å². The molecule has 2 aliphatic rings. The number of nitrogen functional groups attached to an aromatic ring is 1. The lowest BCUT2D eigenvalue weighted by atomic mass is 9.72. The maximum atomic E-state index is 13.2. The van der Waals surface area contributed by atoms with Crippen molar-refractivity contribution in [3.8, 4) is 11.5 Å². The summed E-state index contributed by atoms with van der Waals surface area (Å²) in [5.41, 5.74) is 13.2. The molecule has 0 radical (unpaired) electrons. The molecule has 3 heterocycles. The number of amides is 1. The van der Waals surface area contributed by atoms with E-state index < -0.39 is 24.9 Å². The number of nitrogens with one attached hydrogen (secondary N) is 2. The molecule has 1 aromatic heterocycles. The van der Waals surface area contributed by atoms with Gasteiger partial charge in [-0.05, 0) is 68.2 Å². The molecule has 1 fully saturated rings. The van der Waals surface area contributed by atoms with Gasteiger partial charge in [0.1, 0.15) is 29.6 Å². The van der Waals surface area contributed by atoms with Gasteiger partial charge in [-0.2, -0.15) is 0 Å². The molecule has 2 aromatic carbocycles. The van der Waals surface area contributed by atoms with E-state index in [2.05, 4.69) is 25.8 Å². The summed E-state index contributed by atoms with van der Waals surface area (Å²) in [6.07, 6.45) is 2.05. The van der Waals surface area contributed by atoms with Crippen LogP contribution in [0.5, 0.6) is 11.5 Å². The third-order valence-electron chi connectivity index (χ3n) is 7.03. The van der Waals surface area contributed by atoms with E-state index in [9.17, 15) is 19.7 Å². The minimum absolute atomic E-state index is 0.0119. The Kier molecular flexibility index (Phi) is 9.94. The zero-order chi connectivity index (χ0) is 31.1. The van der Waals surface area contributed by atoms with E-state index in [4.69, 9.17) is 25.7 Å². The van der Waals surface area contributed by atoms with Crippen molar-refractivity contribution in [1.82, 2.24) is 15.6 Å². The molecule has 1 amide bonds. The molecule has 1 atom stereocenters. The Morgan fingerprint density at radius 1 is 1.18 bits per heavy atom. The molecule has 14 nitrogen and oxygen atoms in total. The highest BCUT2D eigenvalue weighted by Gasteiger charge is 2.38. The number of carbonyl (C=O) groups excluding carboxylic acids is 1. The van der Waals surface area contributed by atoms with Crippen LogP contribution in [0.4, 0.5) is 5.13 Å². The summed E-state index contributed by atoms with van der Waals surface area (Å²) >= 11 is 1.12. The summed E-state index contributed by atoms with van der Waals surface area (Å²) in [5, 5.41) is 31.7. The Labute approximate surface area is 257 Å². The van der Waals surface area contributed by atoms with E-state index in [0.717, 1.165) is 42.8 Å². The zero-order valence-corrected chi connectivity index (χ0v) is 24.5. The lowest BCUT2D eigenvalue weighted by Crippen LogP contribution is -2.54. The fourth-order valence-corrected chi connectivity index (χ4v) is 5.34. The summed E-state index contributed by atoms with van der Waals surface area (Å²) in [4.78, 5) is 38.9. The quantitative estimate of drug-likeness (QED) is 0.0579. The summed E-state index contributed by atoms with van der Waals surface area (Å²) in [6, 6.07) is 12.1. The van der Waals surface area contributed by atoms with Crippen molar-refractivity contribution >= 4 is 47.0 Å². The molecule has 0 bridgehead atoms. The van der Waals surface area contributed by atoms with Gasteiger partial charge in [0, 0.05) is 10.9 Å². The number of amidine groups is 1. The summed E-state index contributed by atoms with van der Waals surface area (Å²) in [7, 11) is -1.50. The van der Waals surface area contributed by atoms with Gasteiger partial charge in [-0.1, -0.05) is 17.3 Å². The number of benzene rings is 2. The normalized spacial score (nSPS) is 17.4. The van der Waals surface area contributed by atoms with Crippen LogP contribution in [0.1, 0.15) is 40.0 Å². The second-order valence-electron chi connectivity index (χ2n) is 10.1. The van der Waals surface area contributed by atoms with Gasteiger partial charge in [0.2, 0.25) is 0 Å². The fourth-order valence-electron chi connectivity index (χ4n) is 4.79. The number of aliphatic imine (C=N–C) groups is 1. The maximum absolute atomic E-state index is 13.2. The number of hydrogen-bond acceptors (Lipinski definition) is 12. The predicted molar refractivity (Wildman–Crippen MR) is 165 cm³/mol. The molecule has 2 aliphatic heterocycles. The first-order valence-electron chi connectivity index (χ1n) is 14.0. The van der Waals surface area contributed by atoms with Gasteiger partial charge in [-0.15, -0.1) is 11.3 Å². The van der Waals surface area contributed by atoms with Crippen molar-refractivity contribution in [3.05, 3.63) is 70.2 Å². The number of anilines is 1. The van der Waals surface area contributed by atoms with E-state index in [0.29, 0.717) is 17.1 Å². The van der Waals surface area contributed by atoms with Crippen LogP contribution in [-0.2, 0) is 16.1 Å². The number of fused-ring (bicyclic) bond motifs is 1. The SMILES string of the molecule is NC(=NC1CCNCC1)c1ccc(OCCO/N=C(\C(=O)N[C@H]2Cc3cccc(C(=O)O)c3OB2O)c2csc(N)n2)cc1. The number of nitrogens with two attached hydrogens (primary N) is 2. The van der Waals surface area contributed by atoms with Crippen LogP contribution in [0.2, 0.25) is 0 Å². The fraction of sp³-hybridized carbons (Fsp3) is 0.321. The van der Waals surface area contributed by atoms with Crippen LogP contribution < -0.4 is 31.5 Å². The number of aromatic nitrogens is 1. The minimum Gasteiger partial charge on any atom is -0.534 e. The van der Waals surface area contributed by atoms with Gasteiger partial charge < -0.3 is 46.5 Å². The molecule has 230 valence electrons. The highest BCUT2D eigenvalue weighted by atomic mass is 32.1. The second kappa shape index (κ2) is 14.2. The molecule has 44 heavy (non-hydrogen) atoms. The van der Waals surface area contributed by atoms with Gasteiger partial charge in [0.15, 0.2) is 17.5 Å². The smallest absolute Gasteiger partial charge is 0.534 e. The van der Waals surface area contributed by atoms with Gasteiger partial charge in [-0.25, -0.2) is 9.78 Å². The lowest BCUT2D eigenvalue weighted by molar-refractivity contribution is -0.115. The second-order valence-corrected chi connectivity index (χ2v) is 11.0. The van der Waals surface area contributed by atoms with E-state index >= 15 is 0 Å². The number of para-hydroxylation sites is 1.